The van der Waals surface area contributed by atoms with Crippen LogP contribution in [-0.2, 0) is 37.0 Å². The van der Waals surface area contributed by atoms with Gasteiger partial charge < -0.3 is 24.1 Å². The van der Waals surface area contributed by atoms with E-state index in [0.29, 0.717) is 13.2 Å². The van der Waals surface area contributed by atoms with E-state index < -0.39 is 35.3 Å². The van der Waals surface area contributed by atoms with Gasteiger partial charge in [0.25, 0.3) is 0 Å². The molecule has 7 heteroatoms. The van der Waals surface area contributed by atoms with Crippen molar-refractivity contribution in [1.29, 1.82) is 0 Å². The molecule has 1 N–H and O–H groups in total. The Morgan fingerprint density at radius 2 is 1.44 bits per heavy atom. The Hall–Kier alpha value is -1.90. The molecular weight excluding hydrogens is 452 g/mol. The van der Waals surface area contributed by atoms with Crippen LogP contribution in [0.15, 0.2) is 60.7 Å². The zero-order chi connectivity index (χ0) is 24.6. The van der Waals surface area contributed by atoms with Crippen LogP contribution in [0.4, 0.5) is 0 Å². The monoisotopic (exact) mass is 488 g/mol. The highest BCUT2D eigenvalue weighted by Crippen LogP contribution is 2.35. The maximum absolute atomic E-state index is 12.9. The first kappa shape index (κ1) is 26.7. The number of thioether (sulfide) groups is 1. The van der Waals surface area contributed by atoms with Gasteiger partial charge in [0, 0.05) is 0 Å². The lowest BCUT2D eigenvalue weighted by atomic mass is 9.95. The predicted octanol–water partition coefficient (Wildman–Crippen LogP) is 4.59. The molecule has 0 bridgehead atoms. The number of hydrogen-bond donors (Lipinski definition) is 1. The molecule has 34 heavy (non-hydrogen) atoms. The molecule has 0 radical (unpaired) electrons. The van der Waals surface area contributed by atoms with Crippen molar-refractivity contribution in [3.63, 3.8) is 0 Å². The zero-order valence-corrected chi connectivity index (χ0v) is 21.2. The second-order valence-electron chi connectivity index (χ2n) is 9.32. The molecule has 0 spiro atoms. The summed E-state index contributed by atoms with van der Waals surface area (Å²) in [5.41, 5.74) is 0.830. The number of ether oxygens (including phenoxy) is 4. The Kier molecular flexibility index (Phi) is 9.97. The van der Waals surface area contributed by atoms with Crippen LogP contribution in [0, 0.1) is 5.41 Å². The molecule has 0 aromatic heterocycles. The lowest BCUT2D eigenvalue weighted by Crippen LogP contribution is -2.61. The minimum absolute atomic E-state index is 0.231. The SMILES string of the molecule is CCS[C@@H]1O[C@H](CO)[C@@H](OCc2ccccc2)[C@H](OCc2ccccc2)[C@H]1OC(=O)C(C)(C)C. The summed E-state index contributed by atoms with van der Waals surface area (Å²) in [7, 11) is 0. The summed E-state index contributed by atoms with van der Waals surface area (Å²) >= 11 is 1.53. The first-order valence-corrected chi connectivity index (χ1v) is 12.8. The third-order valence-corrected chi connectivity index (χ3v) is 6.57. The standard InChI is InChI=1S/C27H36O6S/c1-5-34-25-24(33-26(29)27(2,3)4)23(31-18-20-14-10-7-11-15-20)22(21(16-28)32-25)30-17-19-12-8-6-9-13-19/h6-15,21-25,28H,5,16-18H2,1-4H3/t21-,22-,23+,24-,25+/m1/s1. The quantitative estimate of drug-likeness (QED) is 0.491. The third-order valence-electron chi connectivity index (χ3n) is 5.53. The van der Waals surface area contributed by atoms with E-state index in [4.69, 9.17) is 18.9 Å². The lowest BCUT2D eigenvalue weighted by molar-refractivity contribution is -0.249. The molecule has 186 valence electrons. The molecule has 1 aliphatic heterocycles. The molecule has 2 aromatic carbocycles. The van der Waals surface area contributed by atoms with E-state index in [-0.39, 0.29) is 12.6 Å². The highest BCUT2D eigenvalue weighted by molar-refractivity contribution is 7.99. The van der Waals surface area contributed by atoms with Gasteiger partial charge in [-0.1, -0.05) is 67.6 Å². The van der Waals surface area contributed by atoms with Crippen LogP contribution in [0.1, 0.15) is 38.8 Å². The van der Waals surface area contributed by atoms with Crippen molar-refractivity contribution in [2.75, 3.05) is 12.4 Å². The molecule has 0 unspecified atom stereocenters. The van der Waals surface area contributed by atoms with Gasteiger partial charge in [0.1, 0.15) is 23.7 Å². The summed E-state index contributed by atoms with van der Waals surface area (Å²) in [5.74, 6) is 0.424. The number of hydrogen-bond acceptors (Lipinski definition) is 7. The second kappa shape index (κ2) is 12.7. The third kappa shape index (κ3) is 7.30. The molecule has 2 aromatic rings. The van der Waals surface area contributed by atoms with Crippen LogP contribution in [0.2, 0.25) is 0 Å². The highest BCUT2D eigenvalue weighted by Gasteiger charge is 2.50. The van der Waals surface area contributed by atoms with E-state index in [0.717, 1.165) is 16.9 Å². The Morgan fingerprint density at radius 1 is 0.912 bits per heavy atom. The largest absolute Gasteiger partial charge is 0.455 e. The molecule has 0 saturated carbocycles. The van der Waals surface area contributed by atoms with Gasteiger partial charge in [-0.15, -0.1) is 11.8 Å². The number of benzene rings is 2. The van der Waals surface area contributed by atoms with Crippen LogP contribution in [0.3, 0.4) is 0 Å². The summed E-state index contributed by atoms with van der Waals surface area (Å²) in [6, 6.07) is 19.6. The molecule has 5 atom stereocenters. The average Bonchev–Trinajstić information content (AvgIpc) is 2.83. The number of aliphatic hydroxyl groups is 1. The minimum Gasteiger partial charge on any atom is -0.455 e. The molecule has 3 rings (SSSR count). The van der Waals surface area contributed by atoms with Gasteiger partial charge in [-0.05, 0) is 37.7 Å². The number of esters is 1. The number of carbonyl (C=O) groups is 1. The maximum Gasteiger partial charge on any atom is 0.311 e. The van der Waals surface area contributed by atoms with E-state index in [2.05, 4.69) is 0 Å². The van der Waals surface area contributed by atoms with Crippen molar-refractivity contribution in [3.8, 4) is 0 Å². The molecule has 6 nitrogen and oxygen atoms in total. The first-order chi connectivity index (χ1) is 16.3. The van der Waals surface area contributed by atoms with Gasteiger partial charge in [-0.2, -0.15) is 0 Å². The molecule has 1 saturated heterocycles. The molecule has 0 aliphatic carbocycles. The topological polar surface area (TPSA) is 74.2 Å². The molecule has 1 fully saturated rings. The number of carbonyl (C=O) groups excluding carboxylic acids is 1. The summed E-state index contributed by atoms with van der Waals surface area (Å²) in [4.78, 5) is 12.9. The van der Waals surface area contributed by atoms with Gasteiger partial charge >= 0.3 is 5.97 Å². The number of rotatable bonds is 10. The summed E-state index contributed by atoms with van der Waals surface area (Å²) in [6.45, 7) is 7.89. The minimum atomic E-state index is -0.691. The van der Waals surface area contributed by atoms with Crippen LogP contribution in [0.25, 0.3) is 0 Å². The number of aliphatic hydroxyl groups excluding tert-OH is 1. The van der Waals surface area contributed by atoms with Crippen LogP contribution < -0.4 is 0 Å². The molecule has 0 amide bonds. The highest BCUT2D eigenvalue weighted by atomic mass is 32.2. The summed E-state index contributed by atoms with van der Waals surface area (Å²) in [5, 5.41) is 10.2. The molecule has 1 aliphatic rings. The Balaban J connectivity index is 1.90. The maximum atomic E-state index is 12.9. The first-order valence-electron chi connectivity index (χ1n) is 11.7. The normalized spacial score (nSPS) is 25.1. The lowest BCUT2D eigenvalue weighted by Gasteiger charge is -2.45. The second-order valence-corrected chi connectivity index (χ2v) is 10.7. The Labute approximate surface area is 206 Å². The van der Waals surface area contributed by atoms with Crippen molar-refractivity contribution >= 4 is 17.7 Å². The van der Waals surface area contributed by atoms with Gasteiger partial charge in [0.05, 0.1) is 25.2 Å². The molecular formula is C27H36O6S. The van der Waals surface area contributed by atoms with E-state index >= 15 is 0 Å². The fourth-order valence-corrected chi connectivity index (χ4v) is 4.62. The zero-order valence-electron chi connectivity index (χ0n) is 20.4. The summed E-state index contributed by atoms with van der Waals surface area (Å²) < 4.78 is 24.9. The van der Waals surface area contributed by atoms with Crippen molar-refractivity contribution in [1.82, 2.24) is 0 Å². The smallest absolute Gasteiger partial charge is 0.311 e. The van der Waals surface area contributed by atoms with E-state index in [9.17, 15) is 9.90 Å². The van der Waals surface area contributed by atoms with Crippen LogP contribution >= 0.6 is 11.8 Å². The van der Waals surface area contributed by atoms with Gasteiger partial charge in [0.2, 0.25) is 0 Å². The van der Waals surface area contributed by atoms with E-state index in [1.54, 1.807) is 0 Å². The fraction of sp³-hybridized carbons (Fsp3) is 0.519. The van der Waals surface area contributed by atoms with E-state index in [1.165, 1.54) is 11.8 Å². The van der Waals surface area contributed by atoms with Gasteiger partial charge in [0.15, 0.2) is 6.10 Å². The van der Waals surface area contributed by atoms with Crippen molar-refractivity contribution in [3.05, 3.63) is 71.8 Å². The van der Waals surface area contributed by atoms with Crippen LogP contribution in [-0.4, -0.2) is 53.3 Å². The van der Waals surface area contributed by atoms with Crippen molar-refractivity contribution in [2.24, 2.45) is 5.41 Å². The predicted molar refractivity (Wildman–Crippen MR) is 133 cm³/mol. The van der Waals surface area contributed by atoms with Crippen molar-refractivity contribution in [2.45, 2.75) is 70.8 Å². The van der Waals surface area contributed by atoms with Crippen LogP contribution in [0.5, 0.6) is 0 Å². The Bertz CT molecular complexity index is 870. The van der Waals surface area contributed by atoms with Gasteiger partial charge in [-0.3, -0.25) is 4.79 Å². The van der Waals surface area contributed by atoms with Crippen molar-refractivity contribution < 1.29 is 28.8 Å². The van der Waals surface area contributed by atoms with Gasteiger partial charge in [-0.25, -0.2) is 0 Å². The van der Waals surface area contributed by atoms with E-state index in [1.807, 2.05) is 88.4 Å². The molecule has 1 heterocycles. The average molecular weight is 489 g/mol. The summed E-state index contributed by atoms with van der Waals surface area (Å²) in [6.07, 6.45) is -2.55. The fourth-order valence-electron chi connectivity index (χ4n) is 3.67. The Morgan fingerprint density at radius 3 is 1.91 bits per heavy atom.